The Morgan fingerprint density at radius 1 is 1.06 bits per heavy atom. The van der Waals surface area contributed by atoms with Crippen LogP contribution in [0.15, 0.2) is 42.5 Å². The van der Waals surface area contributed by atoms with Gasteiger partial charge in [0.1, 0.15) is 17.5 Å². The second-order valence-electron chi connectivity index (χ2n) is 9.18. The van der Waals surface area contributed by atoms with Crippen LogP contribution in [-0.4, -0.2) is 37.0 Å². The summed E-state index contributed by atoms with van der Waals surface area (Å²) in [5, 5.41) is 9.70. The maximum atomic E-state index is 14.0. The highest BCUT2D eigenvalue weighted by Crippen LogP contribution is 2.33. The molecule has 0 spiro atoms. The lowest BCUT2D eigenvalue weighted by molar-refractivity contribution is 0.262. The zero-order valence-electron chi connectivity index (χ0n) is 19.2. The van der Waals surface area contributed by atoms with Gasteiger partial charge in [0.25, 0.3) is 0 Å². The molecule has 2 aromatic carbocycles. The average Bonchev–Trinajstić information content (AvgIpc) is 3.33. The molecule has 0 radical (unpaired) electrons. The summed E-state index contributed by atoms with van der Waals surface area (Å²) in [6.07, 6.45) is 1.72. The average molecular weight is 490 g/mol. The van der Waals surface area contributed by atoms with Gasteiger partial charge in [-0.3, -0.25) is 9.62 Å². The van der Waals surface area contributed by atoms with E-state index in [1.807, 2.05) is 26.8 Å². The number of fused-ring (bicyclic) bond motifs is 1. The van der Waals surface area contributed by atoms with Gasteiger partial charge in [-0.2, -0.15) is 5.10 Å². The molecule has 0 unspecified atom stereocenters. The quantitative estimate of drug-likeness (QED) is 0.567. The van der Waals surface area contributed by atoms with Crippen molar-refractivity contribution in [1.29, 1.82) is 0 Å². The number of hydrogen-bond acceptors (Lipinski definition) is 4. The molecule has 0 atom stereocenters. The Bertz CT molecular complexity index is 1380. The van der Waals surface area contributed by atoms with Gasteiger partial charge in [0.15, 0.2) is 0 Å². The Morgan fingerprint density at radius 3 is 2.44 bits per heavy atom. The molecule has 1 aliphatic heterocycles. The molecule has 2 heterocycles. The van der Waals surface area contributed by atoms with Crippen LogP contribution in [-0.2, 0) is 21.9 Å². The van der Waals surface area contributed by atoms with Gasteiger partial charge in [-0.15, -0.1) is 0 Å². The number of hydrogen-bond donors (Lipinski definition) is 2. The molecule has 3 aromatic rings. The summed E-state index contributed by atoms with van der Waals surface area (Å²) < 4.78 is 54.1. The van der Waals surface area contributed by atoms with E-state index in [-0.39, 0.29) is 11.1 Å². The summed E-state index contributed by atoms with van der Waals surface area (Å²) in [7, 11) is -3.38. The number of nitrogens with zero attached hydrogens (tertiary/aromatic N) is 3. The molecule has 180 valence electrons. The van der Waals surface area contributed by atoms with Gasteiger partial charge in [-0.1, -0.05) is 20.8 Å². The number of benzene rings is 2. The van der Waals surface area contributed by atoms with E-state index < -0.39 is 27.7 Å². The summed E-state index contributed by atoms with van der Waals surface area (Å²) in [6.45, 7) is 6.29. The molecule has 0 saturated carbocycles. The number of urea groups is 1. The maximum Gasteiger partial charge on any atom is 0.324 e. The first kappa shape index (κ1) is 23.7. The van der Waals surface area contributed by atoms with Crippen LogP contribution in [0.1, 0.15) is 32.0 Å². The monoisotopic (exact) mass is 489 g/mol. The van der Waals surface area contributed by atoms with E-state index in [2.05, 4.69) is 15.7 Å². The minimum Gasteiger partial charge on any atom is -0.305 e. The number of sulfonamides is 1. The minimum absolute atomic E-state index is 0.167. The fourth-order valence-corrected chi connectivity index (χ4v) is 4.69. The van der Waals surface area contributed by atoms with Crippen molar-refractivity contribution in [3.05, 3.63) is 65.4 Å². The number of halogens is 2. The van der Waals surface area contributed by atoms with Gasteiger partial charge in [0, 0.05) is 24.1 Å². The zero-order valence-corrected chi connectivity index (χ0v) is 20.0. The molecule has 0 fully saturated rings. The van der Waals surface area contributed by atoms with Crippen molar-refractivity contribution in [3.63, 3.8) is 0 Å². The topological polar surface area (TPSA) is 96.3 Å². The highest BCUT2D eigenvalue weighted by molar-refractivity contribution is 7.92. The number of carbonyl (C=O) groups is 1. The van der Waals surface area contributed by atoms with Gasteiger partial charge in [0.05, 0.1) is 29.0 Å². The van der Waals surface area contributed by atoms with Gasteiger partial charge < -0.3 is 5.32 Å². The third kappa shape index (κ3) is 4.74. The molecule has 2 N–H and O–H groups in total. The van der Waals surface area contributed by atoms with Gasteiger partial charge in [0.2, 0.25) is 10.0 Å². The summed E-state index contributed by atoms with van der Waals surface area (Å²) in [6, 6.07) is 9.14. The number of anilines is 3. The molecule has 1 aromatic heterocycles. The van der Waals surface area contributed by atoms with Crippen LogP contribution < -0.4 is 14.9 Å². The third-order valence-corrected chi connectivity index (χ3v) is 6.64. The van der Waals surface area contributed by atoms with E-state index in [1.54, 1.807) is 22.9 Å². The fraction of sp³-hybridized carbons (Fsp3) is 0.304. The van der Waals surface area contributed by atoms with Crippen LogP contribution in [0.4, 0.5) is 30.8 Å². The Kier molecular flexibility index (Phi) is 5.84. The van der Waals surface area contributed by atoms with Crippen LogP contribution in [0.2, 0.25) is 0 Å². The summed E-state index contributed by atoms with van der Waals surface area (Å²) in [5.74, 6) is -1.31. The van der Waals surface area contributed by atoms with E-state index in [1.165, 1.54) is 10.6 Å². The Hall–Kier alpha value is -3.47. The first-order chi connectivity index (χ1) is 15.8. The molecule has 4 rings (SSSR count). The van der Waals surface area contributed by atoms with Crippen molar-refractivity contribution in [1.82, 2.24) is 9.78 Å². The van der Waals surface area contributed by atoms with Gasteiger partial charge >= 0.3 is 6.03 Å². The van der Waals surface area contributed by atoms with Crippen LogP contribution in [0.25, 0.3) is 5.69 Å². The second kappa shape index (κ2) is 8.39. The van der Waals surface area contributed by atoms with E-state index in [0.717, 1.165) is 17.7 Å². The summed E-state index contributed by atoms with van der Waals surface area (Å²) >= 11 is 0. The van der Waals surface area contributed by atoms with Crippen LogP contribution in [0, 0.1) is 11.6 Å². The highest BCUT2D eigenvalue weighted by atomic mass is 32.2. The lowest BCUT2D eigenvalue weighted by Gasteiger charge is -2.17. The fourth-order valence-electron chi connectivity index (χ4n) is 3.73. The van der Waals surface area contributed by atoms with Crippen molar-refractivity contribution >= 4 is 33.2 Å². The van der Waals surface area contributed by atoms with Gasteiger partial charge in [-0.25, -0.2) is 26.7 Å². The minimum atomic E-state index is -3.38. The molecule has 2 amide bonds. The second-order valence-corrected chi connectivity index (χ2v) is 11.1. The smallest absolute Gasteiger partial charge is 0.305 e. The predicted octanol–water partition coefficient (Wildman–Crippen LogP) is 4.41. The highest BCUT2D eigenvalue weighted by Gasteiger charge is 2.27. The van der Waals surface area contributed by atoms with E-state index in [4.69, 9.17) is 0 Å². The van der Waals surface area contributed by atoms with Crippen LogP contribution in [0.5, 0.6) is 0 Å². The Labute approximate surface area is 196 Å². The first-order valence-electron chi connectivity index (χ1n) is 10.6. The lowest BCUT2D eigenvalue weighted by Crippen LogP contribution is -2.27. The molecule has 8 nitrogen and oxygen atoms in total. The molecule has 34 heavy (non-hydrogen) atoms. The van der Waals surface area contributed by atoms with E-state index in [9.17, 15) is 22.0 Å². The van der Waals surface area contributed by atoms with E-state index >= 15 is 0 Å². The largest absolute Gasteiger partial charge is 0.324 e. The third-order valence-electron chi connectivity index (χ3n) is 5.46. The van der Waals surface area contributed by atoms with Crippen molar-refractivity contribution < 1.29 is 22.0 Å². The standard InChI is InChI=1S/C23H25F2N5O3S/c1-23(2,3)20-13-21(27-22(31)26-18-7-5-15(24)12-17(18)25)30(28-20)16-6-8-19-14(11-16)9-10-29(19)34(4,32)33/h5-8,11-13H,9-10H2,1-4H3,(H2,26,27,31). The van der Waals surface area contributed by atoms with Gasteiger partial charge in [-0.05, 0) is 42.3 Å². The molecule has 1 aliphatic rings. The predicted molar refractivity (Wildman–Crippen MR) is 127 cm³/mol. The van der Waals surface area contributed by atoms with E-state index in [0.29, 0.717) is 41.9 Å². The number of aromatic nitrogens is 2. The number of carbonyl (C=O) groups excluding carboxylic acids is 1. The normalized spacial score (nSPS) is 13.6. The molecule has 0 saturated heterocycles. The molecule has 0 aliphatic carbocycles. The van der Waals surface area contributed by atoms with Crippen LogP contribution in [0.3, 0.4) is 0 Å². The number of amides is 2. The molecule has 11 heteroatoms. The number of rotatable bonds is 4. The molecule has 0 bridgehead atoms. The lowest BCUT2D eigenvalue weighted by atomic mass is 9.92. The Balaban J connectivity index is 1.67. The molecular formula is C23H25F2N5O3S. The first-order valence-corrected chi connectivity index (χ1v) is 12.4. The molecular weight excluding hydrogens is 464 g/mol. The summed E-state index contributed by atoms with van der Waals surface area (Å²) in [5.41, 5.74) is 2.31. The zero-order chi connectivity index (χ0) is 24.8. The SMILES string of the molecule is CC(C)(C)c1cc(NC(=O)Nc2ccc(F)cc2F)n(-c2ccc3c(c2)CCN3S(C)(=O)=O)n1. The van der Waals surface area contributed by atoms with Crippen molar-refractivity contribution in [2.75, 3.05) is 27.7 Å². The van der Waals surface area contributed by atoms with Crippen LogP contribution >= 0.6 is 0 Å². The maximum absolute atomic E-state index is 14.0. The summed E-state index contributed by atoms with van der Waals surface area (Å²) in [4.78, 5) is 12.6. The number of nitrogens with one attached hydrogen (secondary N) is 2. The van der Waals surface area contributed by atoms with Crippen molar-refractivity contribution in [2.24, 2.45) is 0 Å². The van der Waals surface area contributed by atoms with Crippen molar-refractivity contribution in [2.45, 2.75) is 32.6 Å². The Morgan fingerprint density at radius 2 is 1.79 bits per heavy atom. The van der Waals surface area contributed by atoms with Crippen molar-refractivity contribution in [3.8, 4) is 5.69 Å².